The van der Waals surface area contributed by atoms with Gasteiger partial charge < -0.3 is 14.0 Å². The number of ether oxygens (including phenoxy) is 1. The third-order valence-corrected chi connectivity index (χ3v) is 5.16. The van der Waals surface area contributed by atoms with E-state index in [1.807, 2.05) is 12.1 Å². The zero-order valence-electron chi connectivity index (χ0n) is 13.0. The first-order valence-corrected chi connectivity index (χ1v) is 7.31. The lowest BCUT2D eigenvalue weighted by Gasteiger charge is -2.32. The van der Waals surface area contributed by atoms with E-state index in [4.69, 9.17) is 14.0 Å². The van der Waals surface area contributed by atoms with Crippen molar-refractivity contribution in [3.05, 3.63) is 29.8 Å². The van der Waals surface area contributed by atoms with Crippen molar-refractivity contribution in [1.82, 2.24) is 0 Å². The van der Waals surface area contributed by atoms with Gasteiger partial charge in [0, 0.05) is 5.31 Å². The Morgan fingerprint density at radius 1 is 0.950 bits per heavy atom. The van der Waals surface area contributed by atoms with Crippen LogP contribution in [0.25, 0.3) is 0 Å². The summed E-state index contributed by atoms with van der Waals surface area (Å²) in [5.74, 6) is 0.887. The van der Waals surface area contributed by atoms with E-state index in [2.05, 4.69) is 39.8 Å². The number of rotatable bonds is 3. The summed E-state index contributed by atoms with van der Waals surface area (Å²) in [5, 5.41) is 0.0251. The van der Waals surface area contributed by atoms with Gasteiger partial charge in [-0.25, -0.2) is 0 Å². The molecule has 0 atom stereocenters. The van der Waals surface area contributed by atoms with Crippen LogP contribution in [0.15, 0.2) is 24.3 Å². The normalized spacial score (nSPS) is 25.6. The third kappa shape index (κ3) is 1.97. The van der Waals surface area contributed by atoms with Crippen molar-refractivity contribution < 1.29 is 14.0 Å². The molecule has 1 aromatic rings. The van der Waals surface area contributed by atoms with Gasteiger partial charge in [0.1, 0.15) is 5.75 Å². The molecule has 20 heavy (non-hydrogen) atoms. The SMILES string of the molecule is COc1ccc(C2(B3OC(C)(C)C(C)(C)O3)CC2)cc1. The number of benzene rings is 1. The molecule has 0 spiro atoms. The molecule has 1 saturated carbocycles. The van der Waals surface area contributed by atoms with Crippen molar-refractivity contribution in [2.75, 3.05) is 7.11 Å². The molecule has 1 aliphatic heterocycles. The summed E-state index contributed by atoms with van der Waals surface area (Å²) < 4.78 is 17.7. The van der Waals surface area contributed by atoms with Crippen LogP contribution >= 0.6 is 0 Å². The standard InChI is InChI=1S/C16H23BO3/c1-14(2)15(3,4)20-17(19-14)16(10-11-16)12-6-8-13(18-5)9-7-12/h6-9H,10-11H2,1-5H3. The van der Waals surface area contributed by atoms with E-state index in [1.54, 1.807) is 7.11 Å². The van der Waals surface area contributed by atoms with Gasteiger partial charge in [-0.05, 0) is 58.2 Å². The first-order chi connectivity index (χ1) is 9.31. The second-order valence-electron chi connectivity index (χ2n) is 6.97. The average molecular weight is 274 g/mol. The van der Waals surface area contributed by atoms with Gasteiger partial charge in [-0.2, -0.15) is 0 Å². The Morgan fingerprint density at radius 3 is 1.85 bits per heavy atom. The van der Waals surface area contributed by atoms with E-state index in [-0.39, 0.29) is 23.6 Å². The number of hydrogen-bond acceptors (Lipinski definition) is 3. The van der Waals surface area contributed by atoms with Crippen molar-refractivity contribution in [3.8, 4) is 5.75 Å². The molecule has 3 nitrogen and oxygen atoms in total. The predicted molar refractivity (Wildman–Crippen MR) is 80.0 cm³/mol. The highest BCUT2D eigenvalue weighted by Gasteiger charge is 2.64. The van der Waals surface area contributed by atoms with Crippen LogP contribution in [0.2, 0.25) is 0 Å². The molecular weight excluding hydrogens is 251 g/mol. The van der Waals surface area contributed by atoms with Gasteiger partial charge in [-0.1, -0.05) is 12.1 Å². The quantitative estimate of drug-likeness (QED) is 0.791. The van der Waals surface area contributed by atoms with Crippen molar-refractivity contribution >= 4 is 7.12 Å². The molecule has 0 N–H and O–H groups in total. The second-order valence-corrected chi connectivity index (χ2v) is 6.97. The molecular formula is C16H23BO3. The van der Waals surface area contributed by atoms with Crippen LogP contribution in [0, 0.1) is 0 Å². The molecule has 0 aromatic heterocycles. The summed E-state index contributed by atoms with van der Waals surface area (Å²) in [7, 11) is 1.54. The number of hydrogen-bond donors (Lipinski definition) is 0. The molecule has 2 fully saturated rings. The predicted octanol–water partition coefficient (Wildman–Crippen LogP) is 3.36. The fourth-order valence-corrected chi connectivity index (χ4v) is 2.79. The van der Waals surface area contributed by atoms with Crippen LogP contribution in [-0.4, -0.2) is 25.4 Å². The highest BCUT2D eigenvalue weighted by molar-refractivity contribution is 6.51. The molecule has 108 valence electrons. The maximum Gasteiger partial charge on any atom is 0.469 e. The van der Waals surface area contributed by atoms with Gasteiger partial charge in [0.15, 0.2) is 0 Å². The molecule has 0 radical (unpaired) electrons. The summed E-state index contributed by atoms with van der Waals surface area (Å²) in [6.07, 6.45) is 2.24. The van der Waals surface area contributed by atoms with Crippen LogP contribution in [0.3, 0.4) is 0 Å². The Bertz CT molecular complexity index is 487. The summed E-state index contributed by atoms with van der Waals surface area (Å²) in [5.41, 5.74) is 0.760. The Hall–Kier alpha value is -0.995. The maximum absolute atomic E-state index is 6.25. The fourth-order valence-electron chi connectivity index (χ4n) is 2.79. The Labute approximate surface area is 121 Å². The molecule has 0 amide bonds. The van der Waals surface area contributed by atoms with Gasteiger partial charge in [0.2, 0.25) is 0 Å². The van der Waals surface area contributed by atoms with Crippen molar-refractivity contribution in [2.24, 2.45) is 0 Å². The summed E-state index contributed by atoms with van der Waals surface area (Å²) in [6.45, 7) is 8.43. The molecule has 1 saturated heterocycles. The van der Waals surface area contributed by atoms with Crippen molar-refractivity contribution in [3.63, 3.8) is 0 Å². The van der Waals surface area contributed by atoms with E-state index in [0.717, 1.165) is 18.6 Å². The smallest absolute Gasteiger partial charge is 0.469 e. The van der Waals surface area contributed by atoms with E-state index in [0.29, 0.717) is 0 Å². The monoisotopic (exact) mass is 274 g/mol. The lowest BCUT2D eigenvalue weighted by atomic mass is 9.64. The summed E-state index contributed by atoms with van der Waals surface area (Å²) >= 11 is 0. The van der Waals surface area contributed by atoms with Gasteiger partial charge >= 0.3 is 7.12 Å². The van der Waals surface area contributed by atoms with E-state index < -0.39 is 0 Å². The molecule has 4 heteroatoms. The lowest BCUT2D eigenvalue weighted by Crippen LogP contribution is -2.41. The minimum absolute atomic E-state index is 0.0251. The van der Waals surface area contributed by atoms with Gasteiger partial charge in [0.25, 0.3) is 0 Å². The van der Waals surface area contributed by atoms with Crippen LogP contribution in [0.4, 0.5) is 0 Å². The van der Waals surface area contributed by atoms with Crippen LogP contribution < -0.4 is 4.74 Å². The van der Waals surface area contributed by atoms with Gasteiger partial charge in [0.05, 0.1) is 18.3 Å². The minimum atomic E-state index is -0.264. The van der Waals surface area contributed by atoms with Crippen LogP contribution in [-0.2, 0) is 14.6 Å². The second kappa shape index (κ2) is 4.25. The zero-order valence-corrected chi connectivity index (χ0v) is 13.0. The Balaban J connectivity index is 1.86. The average Bonchev–Trinajstić information content (AvgIpc) is 3.15. The van der Waals surface area contributed by atoms with Gasteiger partial charge in [-0.15, -0.1) is 0 Å². The largest absolute Gasteiger partial charge is 0.497 e. The highest BCUT2D eigenvalue weighted by atomic mass is 16.7. The summed E-state index contributed by atoms with van der Waals surface area (Å²) in [6, 6.07) is 8.30. The van der Waals surface area contributed by atoms with Crippen molar-refractivity contribution in [1.29, 1.82) is 0 Å². The van der Waals surface area contributed by atoms with E-state index >= 15 is 0 Å². The highest BCUT2D eigenvalue weighted by Crippen LogP contribution is 2.55. The van der Waals surface area contributed by atoms with Gasteiger partial charge in [-0.3, -0.25) is 0 Å². The number of methoxy groups -OCH3 is 1. The van der Waals surface area contributed by atoms with E-state index in [9.17, 15) is 0 Å². The lowest BCUT2D eigenvalue weighted by molar-refractivity contribution is 0.00578. The molecule has 0 unspecified atom stereocenters. The fraction of sp³-hybridized carbons (Fsp3) is 0.625. The first-order valence-electron chi connectivity index (χ1n) is 7.31. The summed E-state index contributed by atoms with van der Waals surface area (Å²) in [4.78, 5) is 0. The van der Waals surface area contributed by atoms with Crippen LogP contribution in [0.5, 0.6) is 5.75 Å². The van der Waals surface area contributed by atoms with Crippen LogP contribution in [0.1, 0.15) is 46.1 Å². The zero-order chi connectivity index (χ0) is 14.6. The topological polar surface area (TPSA) is 27.7 Å². The first kappa shape index (κ1) is 14.0. The molecule has 3 rings (SSSR count). The molecule has 1 heterocycles. The molecule has 1 aromatic carbocycles. The third-order valence-electron chi connectivity index (χ3n) is 5.16. The molecule has 0 bridgehead atoms. The maximum atomic E-state index is 6.25. The minimum Gasteiger partial charge on any atom is -0.497 e. The Morgan fingerprint density at radius 2 is 1.45 bits per heavy atom. The van der Waals surface area contributed by atoms with Crippen molar-refractivity contribution in [2.45, 2.75) is 57.1 Å². The van der Waals surface area contributed by atoms with E-state index in [1.165, 1.54) is 5.56 Å². The molecule has 1 aliphatic carbocycles. The Kier molecular flexibility index (Phi) is 2.97. The molecule has 2 aliphatic rings.